The van der Waals surface area contributed by atoms with Gasteiger partial charge in [0.2, 0.25) is 11.8 Å². The number of nitrogens with zero attached hydrogens (tertiary/aromatic N) is 2. The summed E-state index contributed by atoms with van der Waals surface area (Å²) in [6, 6.07) is 3.72. The van der Waals surface area contributed by atoms with Crippen molar-refractivity contribution in [1.82, 2.24) is 9.88 Å². The standard InChI is InChI=1S/C15H14N2O2/c18-14-12-10-3-4-11(6-10)13(12)15(19)17(14)8-9-2-1-5-16-7-9/h1-5,7,10-13H,6,8H2/t10-,11?,12-,13?/m0/s1. The van der Waals surface area contributed by atoms with Crippen LogP contribution in [0.5, 0.6) is 0 Å². The molecule has 4 heteroatoms. The fourth-order valence-electron chi connectivity index (χ4n) is 3.79. The molecule has 4 nitrogen and oxygen atoms in total. The molecule has 1 aromatic heterocycles. The van der Waals surface area contributed by atoms with Crippen LogP contribution in [0.3, 0.4) is 0 Å². The summed E-state index contributed by atoms with van der Waals surface area (Å²) in [7, 11) is 0. The van der Waals surface area contributed by atoms with Gasteiger partial charge in [-0.3, -0.25) is 19.5 Å². The van der Waals surface area contributed by atoms with Crippen LogP contribution in [-0.2, 0) is 16.1 Å². The van der Waals surface area contributed by atoms with Crippen molar-refractivity contribution in [3.63, 3.8) is 0 Å². The van der Waals surface area contributed by atoms with Crippen molar-refractivity contribution in [3.05, 3.63) is 42.2 Å². The zero-order valence-electron chi connectivity index (χ0n) is 10.4. The Morgan fingerprint density at radius 1 is 1.16 bits per heavy atom. The van der Waals surface area contributed by atoms with Gasteiger partial charge in [-0.05, 0) is 29.9 Å². The summed E-state index contributed by atoms with van der Waals surface area (Å²) >= 11 is 0. The summed E-state index contributed by atoms with van der Waals surface area (Å²) in [5, 5.41) is 0. The zero-order chi connectivity index (χ0) is 13.0. The van der Waals surface area contributed by atoms with Gasteiger partial charge in [0.25, 0.3) is 0 Å². The molecule has 0 N–H and O–H groups in total. The first-order valence-corrected chi connectivity index (χ1v) is 6.68. The van der Waals surface area contributed by atoms with Gasteiger partial charge in [0, 0.05) is 12.4 Å². The molecule has 19 heavy (non-hydrogen) atoms. The number of imide groups is 1. The van der Waals surface area contributed by atoms with E-state index in [1.165, 1.54) is 4.90 Å². The van der Waals surface area contributed by atoms with Gasteiger partial charge in [0.1, 0.15) is 0 Å². The fraction of sp³-hybridized carbons (Fsp3) is 0.400. The highest BCUT2D eigenvalue weighted by atomic mass is 16.2. The van der Waals surface area contributed by atoms with Crippen LogP contribution in [0.25, 0.3) is 0 Å². The quantitative estimate of drug-likeness (QED) is 0.592. The Balaban J connectivity index is 1.62. The molecule has 0 radical (unpaired) electrons. The van der Waals surface area contributed by atoms with Gasteiger partial charge in [-0.2, -0.15) is 0 Å². The van der Waals surface area contributed by atoms with E-state index in [0.717, 1.165) is 12.0 Å². The molecule has 0 spiro atoms. The lowest BCUT2D eigenvalue weighted by molar-refractivity contribution is -0.141. The summed E-state index contributed by atoms with van der Waals surface area (Å²) in [6.45, 7) is 0.359. The minimum Gasteiger partial charge on any atom is -0.278 e. The van der Waals surface area contributed by atoms with Crippen LogP contribution in [0.2, 0.25) is 0 Å². The Labute approximate surface area is 111 Å². The summed E-state index contributed by atoms with van der Waals surface area (Å²) < 4.78 is 0. The number of hydrogen-bond donors (Lipinski definition) is 0. The maximum Gasteiger partial charge on any atom is 0.234 e. The monoisotopic (exact) mass is 254 g/mol. The first kappa shape index (κ1) is 10.9. The van der Waals surface area contributed by atoms with E-state index < -0.39 is 0 Å². The first-order chi connectivity index (χ1) is 9.25. The van der Waals surface area contributed by atoms with Gasteiger partial charge in [-0.25, -0.2) is 0 Å². The van der Waals surface area contributed by atoms with Gasteiger partial charge >= 0.3 is 0 Å². The van der Waals surface area contributed by atoms with Crippen LogP contribution in [0, 0.1) is 23.7 Å². The summed E-state index contributed by atoms with van der Waals surface area (Å²) in [4.78, 5) is 30.3. The molecule has 1 saturated heterocycles. The average molecular weight is 254 g/mol. The second-order valence-electron chi connectivity index (χ2n) is 5.62. The molecular formula is C15H14N2O2. The molecule has 3 aliphatic rings. The lowest BCUT2D eigenvalue weighted by atomic mass is 9.85. The lowest BCUT2D eigenvalue weighted by Crippen LogP contribution is -2.32. The molecule has 2 aliphatic carbocycles. The largest absolute Gasteiger partial charge is 0.278 e. The number of hydrogen-bond acceptors (Lipinski definition) is 3. The van der Waals surface area contributed by atoms with Crippen LogP contribution < -0.4 is 0 Å². The molecule has 1 aromatic rings. The third kappa shape index (κ3) is 1.43. The van der Waals surface area contributed by atoms with Crippen LogP contribution in [0.1, 0.15) is 12.0 Å². The molecule has 2 unspecified atom stereocenters. The summed E-state index contributed by atoms with van der Waals surface area (Å²) in [5.74, 6) is 0.389. The molecule has 2 bridgehead atoms. The summed E-state index contributed by atoms with van der Waals surface area (Å²) in [5.41, 5.74) is 0.907. The second kappa shape index (κ2) is 3.76. The Hall–Kier alpha value is -1.97. The highest BCUT2D eigenvalue weighted by molar-refractivity contribution is 6.06. The maximum absolute atomic E-state index is 12.4. The number of allylic oxidation sites excluding steroid dienone is 2. The van der Waals surface area contributed by atoms with E-state index in [1.807, 2.05) is 12.1 Å². The van der Waals surface area contributed by atoms with E-state index in [9.17, 15) is 9.59 Å². The van der Waals surface area contributed by atoms with E-state index in [0.29, 0.717) is 6.54 Å². The highest BCUT2D eigenvalue weighted by Crippen LogP contribution is 2.52. The number of carbonyl (C=O) groups excluding carboxylic acids is 2. The molecule has 96 valence electrons. The number of carbonyl (C=O) groups is 2. The van der Waals surface area contributed by atoms with Crippen molar-refractivity contribution in [2.45, 2.75) is 13.0 Å². The Morgan fingerprint density at radius 3 is 2.42 bits per heavy atom. The van der Waals surface area contributed by atoms with Crippen molar-refractivity contribution < 1.29 is 9.59 Å². The predicted molar refractivity (Wildman–Crippen MR) is 67.5 cm³/mol. The molecule has 2 heterocycles. The molecule has 2 fully saturated rings. The number of amides is 2. The number of fused-ring (bicyclic) bond motifs is 5. The molecule has 2 amide bonds. The predicted octanol–water partition coefficient (Wildman–Crippen LogP) is 1.39. The van der Waals surface area contributed by atoms with Gasteiger partial charge in [0.15, 0.2) is 0 Å². The van der Waals surface area contributed by atoms with E-state index >= 15 is 0 Å². The van der Waals surface area contributed by atoms with Crippen molar-refractivity contribution >= 4 is 11.8 Å². The Kier molecular flexibility index (Phi) is 2.16. The fourth-order valence-corrected chi connectivity index (χ4v) is 3.79. The van der Waals surface area contributed by atoms with Crippen molar-refractivity contribution in [1.29, 1.82) is 0 Å². The van der Waals surface area contributed by atoms with Crippen LogP contribution in [-0.4, -0.2) is 21.7 Å². The van der Waals surface area contributed by atoms with Gasteiger partial charge in [-0.1, -0.05) is 18.2 Å². The topological polar surface area (TPSA) is 50.3 Å². The second-order valence-corrected chi connectivity index (χ2v) is 5.62. The van der Waals surface area contributed by atoms with Crippen LogP contribution in [0.4, 0.5) is 0 Å². The molecule has 1 aliphatic heterocycles. The third-order valence-corrected chi connectivity index (χ3v) is 4.63. The highest BCUT2D eigenvalue weighted by Gasteiger charge is 2.59. The first-order valence-electron chi connectivity index (χ1n) is 6.68. The maximum atomic E-state index is 12.4. The lowest BCUT2D eigenvalue weighted by Gasteiger charge is -2.16. The van der Waals surface area contributed by atoms with Crippen molar-refractivity contribution in [3.8, 4) is 0 Å². The summed E-state index contributed by atoms with van der Waals surface area (Å²) in [6.07, 6.45) is 8.61. The number of likely N-dealkylation sites (tertiary alicyclic amines) is 1. The Morgan fingerprint density at radius 2 is 1.84 bits per heavy atom. The molecule has 4 atom stereocenters. The number of pyridine rings is 1. The van der Waals surface area contributed by atoms with Crippen LogP contribution >= 0.6 is 0 Å². The molecular weight excluding hydrogens is 240 g/mol. The van der Waals surface area contributed by atoms with E-state index in [1.54, 1.807) is 12.4 Å². The zero-order valence-corrected chi connectivity index (χ0v) is 10.4. The SMILES string of the molecule is O=C1C2C3C=C[C@@H](C3)[C@@H]2C(=O)N1Cc1cccnc1. The van der Waals surface area contributed by atoms with Crippen molar-refractivity contribution in [2.75, 3.05) is 0 Å². The minimum absolute atomic E-state index is 0.00991. The minimum atomic E-state index is -0.0980. The normalized spacial score (nSPS) is 35.3. The van der Waals surface area contributed by atoms with Crippen LogP contribution in [0.15, 0.2) is 36.7 Å². The number of aromatic nitrogens is 1. The number of rotatable bonds is 2. The third-order valence-electron chi connectivity index (χ3n) is 4.63. The van der Waals surface area contributed by atoms with Crippen molar-refractivity contribution in [2.24, 2.45) is 23.7 Å². The van der Waals surface area contributed by atoms with Gasteiger partial charge in [0.05, 0.1) is 18.4 Å². The molecule has 0 aromatic carbocycles. The van der Waals surface area contributed by atoms with E-state index in [-0.39, 0.29) is 35.5 Å². The Bertz CT molecular complexity index is 551. The smallest absolute Gasteiger partial charge is 0.234 e. The van der Waals surface area contributed by atoms with Gasteiger partial charge < -0.3 is 0 Å². The molecule has 4 rings (SSSR count). The molecule has 1 saturated carbocycles. The van der Waals surface area contributed by atoms with E-state index in [2.05, 4.69) is 17.1 Å². The van der Waals surface area contributed by atoms with E-state index in [4.69, 9.17) is 0 Å². The van der Waals surface area contributed by atoms with Gasteiger partial charge in [-0.15, -0.1) is 0 Å². The average Bonchev–Trinajstić information content (AvgIpc) is 3.10.